The summed E-state index contributed by atoms with van der Waals surface area (Å²) in [5.41, 5.74) is 2.28. The predicted molar refractivity (Wildman–Crippen MR) is 153 cm³/mol. The van der Waals surface area contributed by atoms with Crippen LogP contribution in [0.5, 0.6) is 0 Å². The van der Waals surface area contributed by atoms with Crippen LogP contribution in [0.2, 0.25) is 25.7 Å². The van der Waals surface area contributed by atoms with Crippen molar-refractivity contribution in [1.82, 2.24) is 0 Å². The molecule has 1 N–H and O–H groups in total. The van der Waals surface area contributed by atoms with Crippen LogP contribution in [0.4, 0.5) is 5.69 Å². The molecular weight excluding hydrogens is 434 g/mol. The zero-order chi connectivity index (χ0) is 24.9. The average molecular weight is 486 g/mol. The number of allylic oxidation sites excluding steroid dienone is 2. The van der Waals surface area contributed by atoms with Crippen LogP contribution in [0.25, 0.3) is 6.08 Å². The predicted octanol–water partition coefficient (Wildman–Crippen LogP) is 9.25. The molecule has 0 aliphatic carbocycles. The number of ether oxygens (including phenoxy) is 1. The lowest BCUT2D eigenvalue weighted by Gasteiger charge is -2.14. The van der Waals surface area contributed by atoms with Crippen molar-refractivity contribution >= 4 is 25.8 Å². The summed E-state index contributed by atoms with van der Waals surface area (Å²) in [6.45, 7) is 10.7. The van der Waals surface area contributed by atoms with Crippen molar-refractivity contribution in [1.29, 1.82) is 0 Å². The topological polar surface area (TPSA) is 38.3 Å². The molecule has 0 spiro atoms. The Labute approximate surface area is 211 Å². The molecule has 0 bridgehead atoms. The van der Waals surface area contributed by atoms with Gasteiger partial charge in [-0.05, 0) is 31.0 Å². The van der Waals surface area contributed by atoms with Crippen LogP contribution >= 0.6 is 0 Å². The van der Waals surface area contributed by atoms with E-state index < -0.39 is 8.07 Å². The van der Waals surface area contributed by atoms with Gasteiger partial charge < -0.3 is 10.1 Å². The molecule has 1 rings (SSSR count). The maximum atomic E-state index is 11.2. The van der Waals surface area contributed by atoms with E-state index in [1.54, 1.807) is 13.0 Å². The van der Waals surface area contributed by atoms with E-state index in [0.717, 1.165) is 12.1 Å². The molecule has 4 heteroatoms. The highest BCUT2D eigenvalue weighted by Crippen LogP contribution is 2.17. The highest BCUT2D eigenvalue weighted by atomic mass is 28.3. The molecule has 3 nitrogen and oxygen atoms in total. The fourth-order valence-corrected chi connectivity index (χ4v) is 5.29. The third-order valence-corrected chi connectivity index (χ3v) is 7.87. The van der Waals surface area contributed by atoms with E-state index >= 15 is 0 Å². The fraction of sp³-hybridized carbons (Fsp3) is 0.633. The minimum Gasteiger partial charge on any atom is -0.463 e. The van der Waals surface area contributed by atoms with E-state index in [9.17, 15) is 4.79 Å². The van der Waals surface area contributed by atoms with Crippen molar-refractivity contribution in [3.8, 4) is 0 Å². The molecule has 0 atom stereocenters. The first-order valence-electron chi connectivity index (χ1n) is 13.8. The summed E-state index contributed by atoms with van der Waals surface area (Å²) in [6.07, 6.45) is 23.8. The smallest absolute Gasteiger partial charge is 0.330 e. The van der Waals surface area contributed by atoms with Gasteiger partial charge in [0.1, 0.15) is 0 Å². The molecule has 0 saturated heterocycles. The van der Waals surface area contributed by atoms with Gasteiger partial charge in [0.2, 0.25) is 0 Å². The van der Waals surface area contributed by atoms with Crippen LogP contribution in [-0.4, -0.2) is 27.2 Å². The maximum Gasteiger partial charge on any atom is 0.330 e. The zero-order valence-corrected chi connectivity index (χ0v) is 23.5. The van der Waals surface area contributed by atoms with Gasteiger partial charge in [0.15, 0.2) is 0 Å². The molecule has 0 fully saturated rings. The summed E-state index contributed by atoms with van der Waals surface area (Å²) in [5.74, 6) is -0.305. The number of anilines is 1. The molecule has 1 aromatic rings. The largest absolute Gasteiger partial charge is 0.463 e. The lowest BCUT2D eigenvalue weighted by atomic mass is 10.1. The third kappa shape index (κ3) is 18.6. The number of rotatable bonds is 20. The van der Waals surface area contributed by atoms with Crippen molar-refractivity contribution in [2.24, 2.45) is 0 Å². The number of carbonyl (C=O) groups is 1. The molecule has 0 radical (unpaired) electrons. The van der Waals surface area contributed by atoms with Gasteiger partial charge in [0.25, 0.3) is 0 Å². The van der Waals surface area contributed by atoms with Gasteiger partial charge >= 0.3 is 5.97 Å². The SMILES string of the molecule is CCOC(=O)C=CC=Cc1ccc(NCCCCCCCCCCCCCC[Si](C)(C)C)cc1. The Morgan fingerprint density at radius 2 is 1.32 bits per heavy atom. The van der Waals surface area contributed by atoms with Gasteiger partial charge in [-0.1, -0.05) is 127 Å². The summed E-state index contributed by atoms with van der Waals surface area (Å²) in [5, 5.41) is 3.52. The summed E-state index contributed by atoms with van der Waals surface area (Å²) < 4.78 is 4.85. The quantitative estimate of drug-likeness (QED) is 0.0657. The number of hydrogen-bond donors (Lipinski definition) is 1. The van der Waals surface area contributed by atoms with Gasteiger partial charge in [-0.3, -0.25) is 0 Å². The monoisotopic (exact) mass is 485 g/mol. The first-order chi connectivity index (χ1) is 16.4. The van der Waals surface area contributed by atoms with Crippen LogP contribution < -0.4 is 5.32 Å². The van der Waals surface area contributed by atoms with Gasteiger partial charge in [0, 0.05) is 26.4 Å². The van der Waals surface area contributed by atoms with Crippen molar-refractivity contribution in [3.05, 3.63) is 48.1 Å². The van der Waals surface area contributed by atoms with Crippen LogP contribution in [0.15, 0.2) is 42.5 Å². The molecule has 0 saturated carbocycles. The molecule has 0 aliphatic rings. The molecule has 0 heterocycles. The number of benzene rings is 1. The van der Waals surface area contributed by atoms with E-state index in [0.29, 0.717) is 6.61 Å². The second kappa shape index (κ2) is 19.5. The number of esters is 1. The van der Waals surface area contributed by atoms with Gasteiger partial charge in [0.05, 0.1) is 6.61 Å². The lowest BCUT2D eigenvalue weighted by molar-refractivity contribution is -0.137. The van der Waals surface area contributed by atoms with E-state index in [1.165, 1.54) is 94.9 Å². The lowest BCUT2D eigenvalue weighted by Crippen LogP contribution is -2.18. The number of hydrogen-bond acceptors (Lipinski definition) is 3. The molecule has 34 heavy (non-hydrogen) atoms. The molecule has 192 valence electrons. The maximum absolute atomic E-state index is 11.2. The van der Waals surface area contributed by atoms with E-state index in [2.05, 4.69) is 49.2 Å². The van der Waals surface area contributed by atoms with E-state index in [1.807, 2.05) is 12.2 Å². The Morgan fingerprint density at radius 1 is 0.794 bits per heavy atom. The molecular formula is C30H51NO2Si. The highest BCUT2D eigenvalue weighted by Gasteiger charge is 2.11. The minimum absolute atomic E-state index is 0.305. The van der Waals surface area contributed by atoms with Crippen molar-refractivity contribution in [2.75, 3.05) is 18.5 Å². The standard InChI is InChI=1S/C30H51NO2Si/c1-5-33-30(32)21-17-16-20-28-22-24-29(25-23-28)31-26-18-14-12-10-8-6-7-9-11-13-15-19-27-34(2,3)4/h16-17,20-25,31H,5-15,18-19,26-27H2,1-4H3. The van der Waals surface area contributed by atoms with Gasteiger partial charge in [-0.25, -0.2) is 4.79 Å². The van der Waals surface area contributed by atoms with Crippen LogP contribution in [-0.2, 0) is 9.53 Å². The molecule has 0 aromatic heterocycles. The van der Waals surface area contributed by atoms with Crippen LogP contribution in [0.1, 0.15) is 89.5 Å². The Hall–Kier alpha value is -1.81. The highest BCUT2D eigenvalue weighted by molar-refractivity contribution is 6.76. The third-order valence-electron chi connectivity index (χ3n) is 6.01. The van der Waals surface area contributed by atoms with Gasteiger partial charge in [-0.2, -0.15) is 0 Å². The molecule has 0 amide bonds. The molecule has 0 aliphatic heterocycles. The Morgan fingerprint density at radius 3 is 1.85 bits per heavy atom. The number of nitrogens with one attached hydrogen (secondary N) is 1. The first-order valence-corrected chi connectivity index (χ1v) is 17.5. The number of carbonyl (C=O) groups excluding carboxylic acids is 1. The first kappa shape index (κ1) is 30.2. The van der Waals surface area contributed by atoms with Crippen molar-refractivity contribution in [2.45, 2.75) is 110 Å². The normalized spacial score (nSPS) is 12.0. The van der Waals surface area contributed by atoms with Gasteiger partial charge in [-0.15, -0.1) is 0 Å². The second-order valence-corrected chi connectivity index (χ2v) is 16.2. The zero-order valence-electron chi connectivity index (χ0n) is 22.5. The Kier molecular flexibility index (Phi) is 17.3. The fourth-order valence-electron chi connectivity index (χ4n) is 3.98. The summed E-state index contributed by atoms with van der Waals surface area (Å²) in [7, 11) is -0.809. The van der Waals surface area contributed by atoms with Crippen LogP contribution in [0.3, 0.4) is 0 Å². The summed E-state index contributed by atoms with van der Waals surface area (Å²) in [6, 6.07) is 9.91. The minimum atomic E-state index is -0.809. The van der Waals surface area contributed by atoms with Crippen LogP contribution in [0, 0.1) is 0 Å². The van der Waals surface area contributed by atoms with E-state index in [-0.39, 0.29) is 5.97 Å². The second-order valence-electron chi connectivity index (χ2n) is 10.6. The Balaban J connectivity index is 1.94. The van der Waals surface area contributed by atoms with Crippen molar-refractivity contribution < 1.29 is 9.53 Å². The molecule has 0 unspecified atom stereocenters. The van der Waals surface area contributed by atoms with E-state index in [4.69, 9.17) is 4.74 Å². The summed E-state index contributed by atoms with van der Waals surface area (Å²) in [4.78, 5) is 11.2. The van der Waals surface area contributed by atoms with Crippen molar-refractivity contribution in [3.63, 3.8) is 0 Å². The average Bonchev–Trinajstić information content (AvgIpc) is 2.79. The molecule has 1 aromatic carbocycles. The summed E-state index contributed by atoms with van der Waals surface area (Å²) >= 11 is 0. The number of unbranched alkanes of at least 4 members (excludes halogenated alkanes) is 11. The Bertz CT molecular complexity index is 689.